The molecule has 12 N–H and O–H groups in total. The van der Waals surface area contributed by atoms with E-state index in [9.17, 15) is 81.5 Å². The van der Waals surface area contributed by atoms with Crippen LogP contribution in [0.3, 0.4) is 0 Å². The summed E-state index contributed by atoms with van der Waals surface area (Å²) < 4.78 is 171. The van der Waals surface area contributed by atoms with Crippen molar-refractivity contribution < 1.29 is 90.9 Å². The van der Waals surface area contributed by atoms with Crippen LogP contribution in [0.1, 0.15) is 163 Å². The Morgan fingerprint density at radius 3 is 1.26 bits per heavy atom. The number of nitrogens with two attached hydrogens (primary N) is 5. The lowest BCUT2D eigenvalue weighted by atomic mass is 9.95. The van der Waals surface area contributed by atoms with Crippen molar-refractivity contribution in [2.24, 2.45) is 33.7 Å². The number of methoxy groups -OCH3 is 2. The fourth-order valence-electron chi connectivity index (χ4n) is 11.2. The van der Waals surface area contributed by atoms with Crippen LogP contribution in [0.4, 0.5) is 58.4 Å². The Morgan fingerprint density at radius 2 is 0.838 bits per heavy atom. The molecule has 1 amide bonds. The van der Waals surface area contributed by atoms with Crippen LogP contribution in [0.25, 0.3) is 0 Å². The van der Waals surface area contributed by atoms with Gasteiger partial charge in [0.2, 0.25) is 0 Å². The van der Waals surface area contributed by atoms with Crippen molar-refractivity contribution in [3.8, 4) is 11.5 Å². The number of thioether (sulfide) groups is 2. The largest absolute Gasteiger partial charge is 0.496 e. The second kappa shape index (κ2) is 43.4. The number of aryl methyl sites for hydroxylation is 1. The number of rotatable bonds is 34. The van der Waals surface area contributed by atoms with E-state index >= 15 is 0 Å². The topological polar surface area (TPSA) is 365 Å². The number of alkyl halides is 12. The number of aromatic nitrogens is 6. The Hall–Kier alpha value is -11.6. The molecule has 0 fully saturated rings. The number of ketones is 5. The van der Waals surface area contributed by atoms with Gasteiger partial charge in [-0.2, -0.15) is 52.7 Å². The van der Waals surface area contributed by atoms with Gasteiger partial charge in [-0.15, -0.1) is 23.5 Å². The number of carbonyl (C=O) groups is 6. The summed E-state index contributed by atoms with van der Waals surface area (Å²) in [4.78, 5) is 106. The molecule has 22 nitrogen and oxygen atoms in total. The third-order valence-corrected chi connectivity index (χ3v) is 19.4. The van der Waals surface area contributed by atoms with Crippen LogP contribution in [-0.4, -0.2) is 116 Å². The highest BCUT2D eigenvalue weighted by Gasteiger charge is 2.35. The summed E-state index contributed by atoms with van der Waals surface area (Å²) in [5, 5.41) is 5.18. The van der Waals surface area contributed by atoms with Crippen LogP contribution in [0.5, 0.6) is 11.5 Å². The maximum atomic E-state index is 13.4. The van der Waals surface area contributed by atoms with E-state index in [1.54, 1.807) is 20.3 Å². The number of amides is 1. The lowest BCUT2D eigenvalue weighted by Crippen LogP contribution is -2.23. The maximum Gasteiger partial charge on any atom is 0.416 e. The van der Waals surface area contributed by atoms with Crippen molar-refractivity contribution in [3.63, 3.8) is 0 Å². The first-order valence-electron chi connectivity index (χ1n) is 35.3. The van der Waals surface area contributed by atoms with Crippen molar-refractivity contribution in [1.82, 2.24) is 35.2 Å². The molecule has 117 heavy (non-hydrogen) atoms. The van der Waals surface area contributed by atoms with Gasteiger partial charge < -0.3 is 48.8 Å². The second-order valence-corrected chi connectivity index (χ2v) is 27.7. The zero-order chi connectivity index (χ0) is 85.2. The molecule has 3 heterocycles. The molecule has 0 atom stereocenters. The van der Waals surface area contributed by atoms with E-state index in [1.165, 1.54) is 60.2 Å². The van der Waals surface area contributed by atoms with E-state index in [1.807, 2.05) is 44.2 Å². The first-order chi connectivity index (χ1) is 54.8. The van der Waals surface area contributed by atoms with Gasteiger partial charge in [0.15, 0.2) is 34.9 Å². The van der Waals surface area contributed by atoms with Gasteiger partial charge in [-0.05, 0) is 161 Å². The summed E-state index contributed by atoms with van der Waals surface area (Å²) in [6, 6.07) is 26.9. The van der Waals surface area contributed by atoms with E-state index in [0.717, 1.165) is 103 Å². The summed E-state index contributed by atoms with van der Waals surface area (Å²) in [5.41, 5.74) is 27.4. The molecule has 0 aliphatic heterocycles. The quantitative estimate of drug-likeness (QED) is 0.00647. The van der Waals surface area contributed by atoms with Crippen LogP contribution in [0.2, 0.25) is 0 Å². The number of hydrogen-bond acceptors (Lipinski definition) is 21. The van der Waals surface area contributed by atoms with Gasteiger partial charge in [-0.3, -0.25) is 33.8 Å². The molecule has 0 bridgehead atoms. The number of ether oxygens (including phenoxy) is 2. The molecule has 0 spiro atoms. The van der Waals surface area contributed by atoms with Gasteiger partial charge in [-0.1, -0.05) is 64.3 Å². The van der Waals surface area contributed by atoms with Crippen molar-refractivity contribution in [1.29, 1.82) is 0 Å². The molecule has 0 saturated carbocycles. The number of nitrogens with zero attached hydrogens (tertiary/aromatic N) is 7. The maximum absolute atomic E-state index is 13.4. The Morgan fingerprint density at radius 1 is 0.453 bits per heavy atom. The molecule has 3 aromatic heterocycles. The minimum absolute atomic E-state index is 0. The van der Waals surface area contributed by atoms with Crippen molar-refractivity contribution in [2.75, 3.05) is 50.7 Å². The first-order valence-corrected chi connectivity index (χ1v) is 37.3. The van der Waals surface area contributed by atoms with E-state index in [4.69, 9.17) is 38.1 Å². The van der Waals surface area contributed by atoms with E-state index in [0.29, 0.717) is 56.0 Å². The second-order valence-electron chi connectivity index (χ2n) is 25.4. The summed E-state index contributed by atoms with van der Waals surface area (Å²) in [7, 11) is 3.12. The number of carbonyl (C=O) groups excluding carboxylic acids is 6. The third kappa shape index (κ3) is 28.4. The zero-order valence-electron chi connectivity index (χ0n) is 62.8. The predicted molar refractivity (Wildman–Crippen MR) is 420 cm³/mol. The highest BCUT2D eigenvalue weighted by molar-refractivity contribution is 7.99. The van der Waals surface area contributed by atoms with Crippen LogP contribution in [-0.2, 0) is 82.6 Å². The minimum Gasteiger partial charge on any atom is -0.496 e. The van der Waals surface area contributed by atoms with Gasteiger partial charge in [-0.25, -0.2) is 29.9 Å². The lowest BCUT2D eigenvalue weighted by Gasteiger charge is -2.14. The standard InChI is InChI=1S/C29H29F6N7O2.C26H24F6N4O2S2.C25H27N3O4.CH4/c1-16(36)39-8-6-17-2-4-21(28(30,31)32)10-19(17)12-25(43)23-14-24(42-15-41-23)26(44)13-20-11-22(29(33,34)35)5-3-18(20)7-9-40-27(37)38;1-2-8-39-23-6-4-17(26(30,31)32)12-19(23)36-24(38)20-13-18(34-14-35-20)21(37)11-15-10-16(25(27,28)29)3-5-22(15)40-9-7-33;1-4-16-5-7-24(31-2)18(9-16)11-22(29)20-13-21(28-15-27-20)23(30)12-19-10-17(14-26)6-8-25(19)32-3;/h2-5,10-11,14-15,39H,1,6-9,12-13,36H2,(H4,37,38,40);3-6,10,12-14H,2,7-9,11,33H2,1H3,(H,36,38);5-10,13,15H,4,11-12,14,26H2,1-3H3;1H4. The number of benzene rings is 6. The Labute approximate surface area is 674 Å². The summed E-state index contributed by atoms with van der Waals surface area (Å²) in [6.07, 6.45) is -14.7. The smallest absolute Gasteiger partial charge is 0.416 e. The molecule has 622 valence electrons. The van der Waals surface area contributed by atoms with Gasteiger partial charge in [0.05, 0.1) is 48.0 Å². The average molecular weight is 1670 g/mol. The lowest BCUT2D eigenvalue weighted by molar-refractivity contribution is -0.138. The number of guanidine groups is 1. The van der Waals surface area contributed by atoms with Crippen LogP contribution < -0.4 is 48.8 Å². The molecule has 9 aromatic rings. The molecule has 6 aromatic carbocycles. The molecular formula is C81H84F12N14O8S2. The van der Waals surface area contributed by atoms with Gasteiger partial charge >= 0.3 is 24.7 Å². The monoisotopic (exact) mass is 1670 g/mol. The number of hydrogen-bond donors (Lipinski definition) is 7. The zero-order valence-corrected chi connectivity index (χ0v) is 64.4. The van der Waals surface area contributed by atoms with Gasteiger partial charge in [0, 0.05) is 85.0 Å². The van der Waals surface area contributed by atoms with E-state index in [-0.39, 0.29) is 133 Å². The van der Waals surface area contributed by atoms with E-state index < -0.39 is 89.5 Å². The number of halogens is 12. The predicted octanol–water partition coefficient (Wildman–Crippen LogP) is 14.5. The Bertz CT molecular complexity index is 4860. The molecule has 9 rings (SSSR count). The number of Topliss-reactive ketones (excluding diaryl/α,β-unsaturated/α-hetero) is 5. The van der Waals surface area contributed by atoms with Crippen LogP contribution in [0.15, 0.2) is 174 Å². The van der Waals surface area contributed by atoms with E-state index in [2.05, 4.69) is 52.1 Å². The molecule has 0 aliphatic rings. The molecule has 0 radical (unpaired) electrons. The van der Waals surface area contributed by atoms with Crippen LogP contribution in [0, 0.1) is 0 Å². The van der Waals surface area contributed by atoms with Gasteiger partial charge in [0.1, 0.15) is 64.6 Å². The number of anilines is 1. The summed E-state index contributed by atoms with van der Waals surface area (Å²) in [6.45, 7) is 8.38. The molecular weight excluding hydrogens is 1590 g/mol. The van der Waals surface area contributed by atoms with Crippen molar-refractivity contribution in [2.45, 2.75) is 120 Å². The fourth-order valence-corrected chi connectivity index (χ4v) is 12.9. The average Bonchev–Trinajstić information content (AvgIpc) is 0.825. The van der Waals surface area contributed by atoms with Crippen molar-refractivity contribution >= 4 is 70.0 Å². The number of aliphatic imine (C=N–C) groups is 1. The van der Waals surface area contributed by atoms with Crippen molar-refractivity contribution in [3.05, 3.63) is 265 Å². The SMILES string of the molecule is C.C=C(N)NCCc1ccc(C(F)(F)F)cc1CC(=O)c1cc(C(=O)Cc2cc(C(F)(F)F)ccc2CCN=C(N)N)ncn1.CCCSc1ccc(C(F)(F)F)cc1NC(=O)c1cc(C(=O)Cc2cc(C(F)(F)F)ccc2SCCN)ncn1.CCc1ccc(OC)c(CC(=O)c2cc(C(=O)Cc3cc(CN)ccc3OC)ncn2)c1. The highest BCUT2D eigenvalue weighted by Crippen LogP contribution is 2.39. The minimum atomic E-state index is -4.67. The Balaban J connectivity index is 0.000000275. The first kappa shape index (κ1) is 94.2. The number of nitrogens with one attached hydrogen (secondary N) is 2. The molecule has 0 unspecified atom stereocenters. The summed E-state index contributed by atoms with van der Waals surface area (Å²) in [5.74, 6) is -1.20. The van der Waals surface area contributed by atoms with Gasteiger partial charge in [0.25, 0.3) is 5.91 Å². The third-order valence-electron chi connectivity index (χ3n) is 17.0. The normalized spacial score (nSPS) is 11.3. The van der Waals surface area contributed by atoms with Crippen LogP contribution >= 0.6 is 23.5 Å². The molecule has 36 heteroatoms. The molecule has 0 aliphatic carbocycles. The Kier molecular flexibility index (Phi) is 34.9. The summed E-state index contributed by atoms with van der Waals surface area (Å²) >= 11 is 2.46. The highest BCUT2D eigenvalue weighted by atomic mass is 32.2. The molecule has 0 saturated heterocycles. The fraction of sp³-hybridized carbons (Fsp3) is 0.296.